The van der Waals surface area contributed by atoms with Crippen LogP contribution in [0.15, 0.2) is 17.0 Å². The summed E-state index contributed by atoms with van der Waals surface area (Å²) in [7, 11) is -2.44. The maximum Gasteiger partial charge on any atom is 0.313 e. The number of carbonyl (C=O) groups is 1. The molecule has 1 aromatic rings. The third-order valence-corrected chi connectivity index (χ3v) is 7.17. The molecule has 1 heterocycles. The summed E-state index contributed by atoms with van der Waals surface area (Å²) < 4.78 is 32.8. The molecule has 8 heteroatoms. The van der Waals surface area contributed by atoms with Crippen molar-refractivity contribution in [3.05, 3.63) is 23.3 Å². The predicted octanol–water partition coefficient (Wildman–Crippen LogP) is 1.94. The van der Waals surface area contributed by atoms with E-state index in [-0.39, 0.29) is 30.8 Å². The fraction of sp³-hybridized carbons (Fsp3) is 0.611. The fourth-order valence-corrected chi connectivity index (χ4v) is 5.45. The average Bonchev–Trinajstić information content (AvgIpc) is 2.56. The summed E-state index contributed by atoms with van der Waals surface area (Å²) >= 11 is 0. The van der Waals surface area contributed by atoms with E-state index in [2.05, 4.69) is 0 Å². The highest BCUT2D eigenvalue weighted by atomic mass is 32.2. The molecule has 1 saturated heterocycles. The molecular formula is C18H27NO6S. The van der Waals surface area contributed by atoms with E-state index >= 15 is 0 Å². The van der Waals surface area contributed by atoms with E-state index < -0.39 is 27.5 Å². The summed E-state index contributed by atoms with van der Waals surface area (Å²) in [5.74, 6) is -0.700. The molecule has 1 fully saturated rings. The molecule has 0 radical (unpaired) electrons. The number of carboxylic acids is 1. The number of aliphatic carboxylic acids is 1. The van der Waals surface area contributed by atoms with Gasteiger partial charge in [-0.15, -0.1) is 0 Å². The number of aryl methyl sites for hydroxylation is 2. The van der Waals surface area contributed by atoms with Gasteiger partial charge in [-0.1, -0.05) is 19.4 Å². The van der Waals surface area contributed by atoms with Crippen LogP contribution in [-0.2, 0) is 14.8 Å². The zero-order chi connectivity index (χ0) is 19.7. The highest BCUT2D eigenvalue weighted by Crippen LogP contribution is 2.38. The van der Waals surface area contributed by atoms with Crippen LogP contribution in [0.2, 0.25) is 0 Å². The van der Waals surface area contributed by atoms with Crippen LogP contribution in [0.4, 0.5) is 0 Å². The number of hydrogen-bond acceptors (Lipinski definition) is 5. The van der Waals surface area contributed by atoms with Crippen molar-refractivity contribution in [1.29, 1.82) is 0 Å². The monoisotopic (exact) mass is 385 g/mol. The van der Waals surface area contributed by atoms with Crippen LogP contribution in [0.25, 0.3) is 0 Å². The summed E-state index contributed by atoms with van der Waals surface area (Å²) in [6.07, 6.45) is -0.228. The molecule has 2 atom stereocenters. The summed E-state index contributed by atoms with van der Waals surface area (Å²) in [5.41, 5.74) is -0.0855. The lowest BCUT2D eigenvalue weighted by Crippen LogP contribution is -2.57. The van der Waals surface area contributed by atoms with Crippen LogP contribution in [0.1, 0.15) is 37.3 Å². The van der Waals surface area contributed by atoms with Crippen LogP contribution in [0, 0.1) is 19.3 Å². The Morgan fingerprint density at radius 2 is 2.00 bits per heavy atom. The predicted molar refractivity (Wildman–Crippen MR) is 96.8 cm³/mol. The van der Waals surface area contributed by atoms with Crippen molar-refractivity contribution < 1.29 is 28.2 Å². The smallest absolute Gasteiger partial charge is 0.313 e. The van der Waals surface area contributed by atoms with Crippen LogP contribution in [-0.4, -0.2) is 55.2 Å². The van der Waals surface area contributed by atoms with E-state index in [1.165, 1.54) is 17.5 Å². The highest BCUT2D eigenvalue weighted by molar-refractivity contribution is 7.89. The van der Waals surface area contributed by atoms with Crippen LogP contribution < -0.4 is 4.74 Å². The molecule has 1 aliphatic rings. The first-order valence-electron chi connectivity index (χ1n) is 8.67. The number of aliphatic hydroxyl groups excluding tert-OH is 1. The second kappa shape index (κ2) is 7.54. The minimum atomic E-state index is -3.91. The summed E-state index contributed by atoms with van der Waals surface area (Å²) in [4.78, 5) is 12.0. The van der Waals surface area contributed by atoms with Gasteiger partial charge in [0.25, 0.3) is 0 Å². The second-order valence-electron chi connectivity index (χ2n) is 6.94. The lowest BCUT2D eigenvalue weighted by molar-refractivity contribution is -0.161. The van der Waals surface area contributed by atoms with Crippen LogP contribution in [0.3, 0.4) is 0 Å². The second-order valence-corrected chi connectivity index (χ2v) is 8.85. The molecule has 1 aromatic carbocycles. The molecule has 0 amide bonds. The lowest BCUT2D eigenvalue weighted by Gasteiger charge is -2.42. The van der Waals surface area contributed by atoms with E-state index in [1.54, 1.807) is 13.0 Å². The van der Waals surface area contributed by atoms with E-state index in [0.29, 0.717) is 17.7 Å². The number of sulfonamides is 1. The maximum atomic E-state index is 13.2. The standard InChI is InChI=1S/C18H27NO6S/c1-5-7-18(17(21)22)11-19(8-6-16(18)20)26(23,24)15-10-14(25-4)12(2)9-13(15)3/h9-10,16,20H,5-8,11H2,1-4H3,(H,21,22)/t16-,18+/m1/s1. The molecular weight excluding hydrogens is 358 g/mol. The average molecular weight is 385 g/mol. The summed E-state index contributed by atoms with van der Waals surface area (Å²) in [6.45, 7) is 5.19. The Labute approximate surface area is 154 Å². The van der Waals surface area contributed by atoms with Crippen molar-refractivity contribution in [2.45, 2.75) is 51.0 Å². The first kappa shape index (κ1) is 20.7. The Balaban J connectivity index is 2.48. The third-order valence-electron chi connectivity index (χ3n) is 5.18. The first-order valence-corrected chi connectivity index (χ1v) is 10.1. The molecule has 7 nitrogen and oxygen atoms in total. The fourth-order valence-electron chi connectivity index (χ4n) is 3.71. The molecule has 0 unspecified atom stereocenters. The minimum Gasteiger partial charge on any atom is -0.496 e. The lowest BCUT2D eigenvalue weighted by atomic mass is 9.74. The SMILES string of the molecule is CCC[C@]1(C(=O)O)CN(S(=O)(=O)c2cc(OC)c(C)cc2C)CC[C@H]1O. The quantitative estimate of drug-likeness (QED) is 0.775. The Hall–Kier alpha value is -1.64. The number of ether oxygens (including phenoxy) is 1. The zero-order valence-corrected chi connectivity index (χ0v) is 16.5. The number of piperidine rings is 1. The Bertz CT molecular complexity index is 791. The topological polar surface area (TPSA) is 104 Å². The number of benzene rings is 1. The molecule has 0 spiro atoms. The van der Waals surface area contributed by atoms with Gasteiger partial charge in [-0.2, -0.15) is 4.31 Å². The molecule has 146 valence electrons. The van der Waals surface area contributed by atoms with Crippen molar-refractivity contribution in [3.8, 4) is 5.75 Å². The first-order chi connectivity index (χ1) is 12.1. The van der Waals surface area contributed by atoms with Gasteiger partial charge < -0.3 is 14.9 Å². The number of hydrogen-bond donors (Lipinski definition) is 2. The minimum absolute atomic E-state index is 0.0812. The van der Waals surface area contributed by atoms with E-state index in [0.717, 1.165) is 5.56 Å². The van der Waals surface area contributed by atoms with Gasteiger partial charge in [0.15, 0.2) is 0 Å². The van der Waals surface area contributed by atoms with Crippen molar-refractivity contribution in [3.63, 3.8) is 0 Å². The number of rotatable bonds is 6. The van der Waals surface area contributed by atoms with Gasteiger partial charge in [0.2, 0.25) is 10.0 Å². The number of methoxy groups -OCH3 is 1. The number of nitrogens with zero attached hydrogens (tertiary/aromatic N) is 1. The molecule has 2 N–H and O–H groups in total. The van der Waals surface area contributed by atoms with Gasteiger partial charge in [0, 0.05) is 19.2 Å². The van der Waals surface area contributed by atoms with Gasteiger partial charge in [-0.3, -0.25) is 4.79 Å². The number of aliphatic hydroxyl groups is 1. The summed E-state index contributed by atoms with van der Waals surface area (Å²) in [6, 6.07) is 3.22. The van der Waals surface area contributed by atoms with Crippen molar-refractivity contribution in [2.75, 3.05) is 20.2 Å². The van der Waals surface area contributed by atoms with Gasteiger partial charge in [-0.05, 0) is 37.8 Å². The molecule has 0 bridgehead atoms. The van der Waals surface area contributed by atoms with Crippen LogP contribution in [0.5, 0.6) is 5.75 Å². The third kappa shape index (κ3) is 3.45. The van der Waals surface area contributed by atoms with E-state index in [4.69, 9.17) is 4.74 Å². The molecule has 2 rings (SSSR count). The highest BCUT2D eigenvalue weighted by Gasteiger charge is 2.51. The van der Waals surface area contributed by atoms with Crippen molar-refractivity contribution in [1.82, 2.24) is 4.31 Å². The molecule has 1 aliphatic heterocycles. The normalized spacial score (nSPS) is 24.4. The molecule has 26 heavy (non-hydrogen) atoms. The largest absolute Gasteiger partial charge is 0.496 e. The van der Waals surface area contributed by atoms with Gasteiger partial charge in [0.1, 0.15) is 11.2 Å². The van der Waals surface area contributed by atoms with E-state index in [1.807, 2.05) is 13.8 Å². The van der Waals surface area contributed by atoms with Crippen molar-refractivity contribution in [2.24, 2.45) is 5.41 Å². The molecule has 0 saturated carbocycles. The maximum absolute atomic E-state index is 13.2. The van der Waals surface area contributed by atoms with Crippen molar-refractivity contribution >= 4 is 16.0 Å². The van der Waals surface area contributed by atoms with Gasteiger partial charge in [0.05, 0.1) is 18.1 Å². The Morgan fingerprint density at radius 1 is 1.35 bits per heavy atom. The van der Waals surface area contributed by atoms with Gasteiger partial charge >= 0.3 is 5.97 Å². The summed E-state index contributed by atoms with van der Waals surface area (Å²) in [5, 5.41) is 20.0. The Morgan fingerprint density at radius 3 is 2.54 bits per heavy atom. The van der Waals surface area contributed by atoms with E-state index in [9.17, 15) is 23.4 Å². The van der Waals surface area contributed by atoms with Gasteiger partial charge in [-0.25, -0.2) is 8.42 Å². The zero-order valence-electron chi connectivity index (χ0n) is 15.7. The van der Waals surface area contributed by atoms with Crippen LogP contribution >= 0.6 is 0 Å². The molecule has 0 aromatic heterocycles. The number of carboxylic acid groups (broad SMARTS) is 1. The molecule has 0 aliphatic carbocycles. The Kier molecular flexibility index (Phi) is 5.99.